The van der Waals surface area contributed by atoms with Crippen molar-refractivity contribution in [1.82, 2.24) is 4.57 Å². The number of ether oxygens (including phenoxy) is 4. The molecule has 2 heterocycles. The van der Waals surface area contributed by atoms with Crippen LogP contribution in [0.1, 0.15) is 77.8 Å². The number of methoxy groups -OCH3 is 1. The number of nitrogens with zero attached hydrogens (tertiary/aromatic N) is 2. The van der Waals surface area contributed by atoms with Crippen LogP contribution in [0, 0.1) is 0 Å². The lowest BCUT2D eigenvalue weighted by Crippen LogP contribution is -2.40. The molecule has 0 radical (unpaired) electrons. The standard InChI is InChI=1S/C42H40N2O7S/c1-6-49-40(46)31-18-16-27(17-19-31)25-51-38-32(14-11-15-33(38)48-5)24-34-39(45)44-37(30-22-20-28(21-23-30)26(3)4)35(41(47)50-7-2)36(43-42(44)52-34)29-12-9-8-10-13-29/h8-24,26,37H,6-7,25H2,1-5H3/b34-24-/t37-/m1/s1. The van der Waals surface area contributed by atoms with Crippen molar-refractivity contribution in [2.45, 2.75) is 46.3 Å². The van der Waals surface area contributed by atoms with Gasteiger partial charge in [0.15, 0.2) is 16.3 Å². The van der Waals surface area contributed by atoms with Crippen LogP contribution in [0.3, 0.4) is 0 Å². The van der Waals surface area contributed by atoms with Gasteiger partial charge in [-0.15, -0.1) is 0 Å². The van der Waals surface area contributed by atoms with Gasteiger partial charge in [0, 0.05) is 11.1 Å². The Hall–Kier alpha value is -5.74. The molecule has 1 atom stereocenters. The fourth-order valence-corrected chi connectivity index (χ4v) is 7.02. The molecule has 0 aliphatic carbocycles. The molecule has 6 rings (SSSR count). The van der Waals surface area contributed by atoms with Crippen LogP contribution in [0.15, 0.2) is 112 Å². The van der Waals surface area contributed by atoms with Crippen molar-refractivity contribution in [1.29, 1.82) is 0 Å². The summed E-state index contributed by atoms with van der Waals surface area (Å²) in [5.74, 6) is 0.325. The highest BCUT2D eigenvalue weighted by molar-refractivity contribution is 7.07. The van der Waals surface area contributed by atoms with Gasteiger partial charge >= 0.3 is 11.9 Å². The van der Waals surface area contributed by atoms with Crippen molar-refractivity contribution >= 4 is 35.0 Å². The summed E-state index contributed by atoms with van der Waals surface area (Å²) in [5, 5.41) is 0. The summed E-state index contributed by atoms with van der Waals surface area (Å²) in [4.78, 5) is 45.9. The van der Waals surface area contributed by atoms with E-state index in [9.17, 15) is 14.4 Å². The zero-order valence-corrected chi connectivity index (χ0v) is 30.6. The van der Waals surface area contributed by atoms with Crippen molar-refractivity contribution < 1.29 is 28.5 Å². The molecular formula is C42H40N2O7S. The number of rotatable bonds is 12. The first kappa shape index (κ1) is 36.1. The summed E-state index contributed by atoms with van der Waals surface area (Å²) in [6.45, 7) is 8.41. The van der Waals surface area contributed by atoms with Gasteiger partial charge in [-0.1, -0.05) is 104 Å². The maximum absolute atomic E-state index is 14.5. The monoisotopic (exact) mass is 716 g/mol. The fourth-order valence-electron chi connectivity index (χ4n) is 6.03. The lowest BCUT2D eigenvalue weighted by Gasteiger charge is -2.26. The van der Waals surface area contributed by atoms with Crippen molar-refractivity contribution in [2.75, 3.05) is 20.3 Å². The Kier molecular flexibility index (Phi) is 11.2. The minimum Gasteiger partial charge on any atom is -0.493 e. The average Bonchev–Trinajstić information content (AvgIpc) is 3.47. The van der Waals surface area contributed by atoms with Crippen LogP contribution in [0.2, 0.25) is 0 Å². The fraction of sp³-hybridized carbons (Fsp3) is 0.238. The normalized spacial score (nSPS) is 14.1. The summed E-state index contributed by atoms with van der Waals surface area (Å²) in [6, 6.07) is 29.2. The van der Waals surface area contributed by atoms with E-state index in [-0.39, 0.29) is 24.7 Å². The highest BCUT2D eigenvalue weighted by Crippen LogP contribution is 2.36. The minimum atomic E-state index is -0.785. The topological polar surface area (TPSA) is 105 Å². The van der Waals surface area contributed by atoms with Crippen LogP contribution >= 0.6 is 11.3 Å². The number of carbonyl (C=O) groups is 2. The Morgan fingerprint density at radius 2 is 1.56 bits per heavy atom. The second kappa shape index (κ2) is 16.1. The van der Waals surface area contributed by atoms with E-state index in [4.69, 9.17) is 23.9 Å². The second-order valence-corrected chi connectivity index (χ2v) is 13.3. The van der Waals surface area contributed by atoms with Crippen molar-refractivity contribution in [3.05, 3.63) is 156 Å². The number of thiazole rings is 1. The number of hydrogen-bond donors (Lipinski definition) is 0. The molecule has 0 spiro atoms. The van der Waals surface area contributed by atoms with Gasteiger partial charge in [-0.25, -0.2) is 14.6 Å². The molecule has 1 aliphatic rings. The number of benzene rings is 4. The molecule has 52 heavy (non-hydrogen) atoms. The molecule has 4 aromatic carbocycles. The molecule has 9 nitrogen and oxygen atoms in total. The van der Waals surface area contributed by atoms with Gasteiger partial charge in [-0.3, -0.25) is 9.36 Å². The third-order valence-electron chi connectivity index (χ3n) is 8.66. The first-order valence-electron chi connectivity index (χ1n) is 17.2. The number of hydrogen-bond acceptors (Lipinski definition) is 9. The maximum Gasteiger partial charge on any atom is 0.338 e. The Labute approximate surface area is 306 Å². The first-order valence-corrected chi connectivity index (χ1v) is 18.0. The molecule has 1 aliphatic heterocycles. The average molecular weight is 717 g/mol. The molecule has 1 aromatic heterocycles. The van der Waals surface area contributed by atoms with Crippen LogP contribution in [0.4, 0.5) is 0 Å². The Morgan fingerprint density at radius 1 is 0.865 bits per heavy atom. The Morgan fingerprint density at radius 3 is 2.21 bits per heavy atom. The highest BCUT2D eigenvalue weighted by Gasteiger charge is 2.35. The van der Waals surface area contributed by atoms with Gasteiger partial charge in [-0.2, -0.15) is 0 Å². The Bertz CT molecular complexity index is 2290. The molecule has 0 unspecified atom stereocenters. The second-order valence-electron chi connectivity index (χ2n) is 12.3. The minimum absolute atomic E-state index is 0.169. The molecule has 10 heteroatoms. The number of carbonyl (C=O) groups excluding carboxylic acids is 2. The summed E-state index contributed by atoms with van der Waals surface area (Å²) < 4.78 is 24.7. The third-order valence-corrected chi connectivity index (χ3v) is 9.64. The number of fused-ring (bicyclic) bond motifs is 1. The summed E-state index contributed by atoms with van der Waals surface area (Å²) in [5.41, 5.74) is 5.00. The quantitative estimate of drug-likeness (QED) is 0.131. The van der Waals surface area contributed by atoms with E-state index in [1.807, 2.05) is 66.7 Å². The molecule has 5 aromatic rings. The van der Waals surface area contributed by atoms with Gasteiger partial charge in [0.25, 0.3) is 5.56 Å². The van der Waals surface area contributed by atoms with Crippen LogP contribution in [-0.2, 0) is 20.9 Å². The SMILES string of the molecule is CCOC(=O)C1=C(c2ccccc2)N=c2s/c(=C\c3cccc(OC)c3OCc3ccc(C(=O)OCC)cc3)c(=O)n2[C@@H]1c1ccc(C(C)C)cc1. The van der Waals surface area contributed by atoms with E-state index in [1.54, 1.807) is 61.9 Å². The molecule has 0 bridgehead atoms. The van der Waals surface area contributed by atoms with Gasteiger partial charge in [0.2, 0.25) is 0 Å². The van der Waals surface area contributed by atoms with Gasteiger partial charge in [0.1, 0.15) is 6.61 Å². The maximum atomic E-state index is 14.5. The molecule has 0 saturated heterocycles. The first-order chi connectivity index (χ1) is 25.2. The van der Waals surface area contributed by atoms with Crippen molar-refractivity contribution in [3.8, 4) is 11.5 Å². The molecular weight excluding hydrogens is 677 g/mol. The summed E-state index contributed by atoms with van der Waals surface area (Å²) in [6.07, 6.45) is 1.76. The van der Waals surface area contributed by atoms with E-state index in [2.05, 4.69) is 13.8 Å². The number of para-hydroxylation sites is 1. The summed E-state index contributed by atoms with van der Waals surface area (Å²) in [7, 11) is 1.56. The molecule has 0 N–H and O–H groups in total. The Balaban J connectivity index is 1.48. The van der Waals surface area contributed by atoms with Crippen LogP contribution < -0.4 is 24.4 Å². The predicted octanol–water partition coefficient (Wildman–Crippen LogP) is 6.82. The van der Waals surface area contributed by atoms with Crippen LogP contribution in [0.5, 0.6) is 11.5 Å². The largest absolute Gasteiger partial charge is 0.493 e. The zero-order chi connectivity index (χ0) is 36.8. The van der Waals surface area contributed by atoms with Gasteiger partial charge in [0.05, 0.1) is 47.7 Å². The van der Waals surface area contributed by atoms with E-state index in [0.717, 1.165) is 22.3 Å². The smallest absolute Gasteiger partial charge is 0.338 e. The van der Waals surface area contributed by atoms with Gasteiger partial charge in [-0.05, 0) is 60.7 Å². The van der Waals surface area contributed by atoms with Crippen LogP contribution in [0.25, 0.3) is 11.8 Å². The lowest BCUT2D eigenvalue weighted by molar-refractivity contribution is -0.138. The van der Waals surface area contributed by atoms with Crippen LogP contribution in [-0.4, -0.2) is 36.8 Å². The third kappa shape index (κ3) is 7.48. The number of aromatic nitrogens is 1. The highest BCUT2D eigenvalue weighted by atomic mass is 32.1. The van der Waals surface area contributed by atoms with E-state index in [1.165, 1.54) is 11.3 Å². The van der Waals surface area contributed by atoms with E-state index >= 15 is 0 Å². The zero-order valence-electron chi connectivity index (χ0n) is 29.8. The number of esters is 2. The lowest BCUT2D eigenvalue weighted by atomic mass is 9.91. The summed E-state index contributed by atoms with van der Waals surface area (Å²) >= 11 is 1.24. The predicted molar refractivity (Wildman–Crippen MR) is 201 cm³/mol. The molecule has 266 valence electrons. The van der Waals surface area contributed by atoms with Crippen molar-refractivity contribution in [3.63, 3.8) is 0 Å². The molecule has 0 saturated carbocycles. The van der Waals surface area contributed by atoms with E-state index < -0.39 is 12.0 Å². The molecule has 0 fully saturated rings. The molecule has 0 amide bonds. The van der Waals surface area contributed by atoms with Crippen molar-refractivity contribution in [2.24, 2.45) is 4.99 Å². The van der Waals surface area contributed by atoms with E-state index in [0.29, 0.717) is 55.8 Å². The van der Waals surface area contributed by atoms with Gasteiger partial charge < -0.3 is 18.9 Å².